The summed E-state index contributed by atoms with van der Waals surface area (Å²) in [7, 11) is 5.46. The Bertz CT molecular complexity index is 1200. The van der Waals surface area contributed by atoms with Crippen molar-refractivity contribution >= 4 is 35.0 Å². The third-order valence-corrected chi connectivity index (χ3v) is 7.91. The molecule has 204 valence electrons. The summed E-state index contributed by atoms with van der Waals surface area (Å²) in [6.45, 7) is 8.53. The molecule has 2 N–H and O–H groups in total. The summed E-state index contributed by atoms with van der Waals surface area (Å²) < 4.78 is 5.60. The van der Waals surface area contributed by atoms with Crippen LogP contribution in [0.5, 0.6) is 5.75 Å². The summed E-state index contributed by atoms with van der Waals surface area (Å²) in [5.41, 5.74) is 1.90. The SMILES string of the molecule is COc1cc(C(=O)NC2CCN(C)CC2)ccc1Nc1ncc2c(n1)N1CCN(C(C)C)CC1C(=O)N2C. The molecule has 4 heterocycles. The molecule has 0 aliphatic carbocycles. The first-order chi connectivity index (χ1) is 18.2. The zero-order valence-corrected chi connectivity index (χ0v) is 22.9. The lowest BCUT2D eigenvalue weighted by molar-refractivity contribution is -0.121. The molecule has 11 nitrogen and oxygen atoms in total. The Kier molecular flexibility index (Phi) is 7.40. The molecule has 0 saturated carbocycles. The number of methoxy groups -OCH3 is 1. The van der Waals surface area contributed by atoms with E-state index in [-0.39, 0.29) is 23.9 Å². The van der Waals surface area contributed by atoms with Gasteiger partial charge in [0.15, 0.2) is 5.82 Å². The fourth-order valence-electron chi connectivity index (χ4n) is 5.43. The number of likely N-dealkylation sites (tertiary alicyclic amines) is 1. The number of nitrogens with one attached hydrogen (secondary N) is 2. The van der Waals surface area contributed by atoms with Crippen LogP contribution in [-0.4, -0.2) is 104 Å². The molecule has 2 aromatic rings. The van der Waals surface area contributed by atoms with Gasteiger partial charge in [0.25, 0.3) is 11.8 Å². The standard InChI is InChI=1S/C27H38N8O3/c1-17(2)34-12-13-35-22(16-34)26(37)33(4)21-15-28-27(31-24(21)35)30-20-7-6-18(14-23(20)38-5)25(36)29-19-8-10-32(3)11-9-19/h6-7,14-15,17,19,22H,8-13,16H2,1-5H3,(H,29,36)(H,28,30,31). The van der Waals surface area contributed by atoms with Crippen molar-refractivity contribution in [2.75, 3.05) is 69.0 Å². The molecular weight excluding hydrogens is 484 g/mol. The van der Waals surface area contributed by atoms with Crippen LogP contribution in [0.1, 0.15) is 37.0 Å². The lowest BCUT2D eigenvalue weighted by Gasteiger charge is -2.47. The first-order valence-electron chi connectivity index (χ1n) is 13.3. The average Bonchev–Trinajstić information content (AvgIpc) is 2.92. The van der Waals surface area contributed by atoms with Gasteiger partial charge in [0, 0.05) is 44.3 Å². The lowest BCUT2D eigenvalue weighted by Crippen LogP contribution is -2.63. The quantitative estimate of drug-likeness (QED) is 0.589. The van der Waals surface area contributed by atoms with Crippen LogP contribution in [0.15, 0.2) is 24.4 Å². The number of hydrogen-bond donors (Lipinski definition) is 2. The van der Waals surface area contributed by atoms with E-state index in [0.29, 0.717) is 41.2 Å². The molecule has 0 bridgehead atoms. The number of piperidine rings is 1. The first kappa shape index (κ1) is 26.2. The number of amides is 2. The molecule has 2 saturated heterocycles. The Morgan fingerprint density at radius 2 is 1.89 bits per heavy atom. The van der Waals surface area contributed by atoms with Crippen molar-refractivity contribution in [2.45, 2.75) is 44.8 Å². The highest BCUT2D eigenvalue weighted by Gasteiger charge is 2.41. The van der Waals surface area contributed by atoms with Gasteiger partial charge in [-0.15, -0.1) is 0 Å². The zero-order valence-electron chi connectivity index (χ0n) is 22.9. The van der Waals surface area contributed by atoms with Crippen molar-refractivity contribution in [3.8, 4) is 5.75 Å². The molecule has 0 spiro atoms. The van der Waals surface area contributed by atoms with Crippen molar-refractivity contribution in [3.63, 3.8) is 0 Å². The molecule has 5 rings (SSSR count). The van der Waals surface area contributed by atoms with Crippen LogP contribution in [0.25, 0.3) is 0 Å². The summed E-state index contributed by atoms with van der Waals surface area (Å²) in [5.74, 6) is 1.62. The number of rotatable bonds is 6. The number of nitrogens with zero attached hydrogens (tertiary/aromatic N) is 6. The number of carbonyl (C=O) groups is 2. The minimum Gasteiger partial charge on any atom is -0.495 e. The van der Waals surface area contributed by atoms with Gasteiger partial charge in [-0.2, -0.15) is 4.98 Å². The van der Waals surface area contributed by atoms with E-state index in [2.05, 4.69) is 51.2 Å². The zero-order chi connectivity index (χ0) is 27.0. The monoisotopic (exact) mass is 522 g/mol. The van der Waals surface area contributed by atoms with Gasteiger partial charge in [-0.1, -0.05) is 0 Å². The molecule has 2 amide bonds. The molecule has 2 fully saturated rings. The van der Waals surface area contributed by atoms with Gasteiger partial charge in [0.2, 0.25) is 5.95 Å². The van der Waals surface area contributed by atoms with Gasteiger partial charge in [0.05, 0.1) is 19.0 Å². The van der Waals surface area contributed by atoms with Crippen molar-refractivity contribution < 1.29 is 14.3 Å². The number of hydrogen-bond acceptors (Lipinski definition) is 9. The third kappa shape index (κ3) is 5.12. The number of aromatic nitrogens is 2. The fourth-order valence-corrected chi connectivity index (χ4v) is 5.43. The number of benzene rings is 1. The van der Waals surface area contributed by atoms with E-state index in [1.54, 1.807) is 37.4 Å². The van der Waals surface area contributed by atoms with Crippen LogP contribution >= 0.6 is 0 Å². The summed E-state index contributed by atoms with van der Waals surface area (Å²) in [6, 6.07) is 5.61. The summed E-state index contributed by atoms with van der Waals surface area (Å²) in [5, 5.41) is 6.40. The van der Waals surface area contributed by atoms with Crippen LogP contribution in [0.3, 0.4) is 0 Å². The maximum Gasteiger partial charge on any atom is 0.251 e. The van der Waals surface area contributed by atoms with Crippen molar-refractivity contribution in [2.24, 2.45) is 0 Å². The average molecular weight is 523 g/mol. The predicted octanol–water partition coefficient (Wildman–Crippen LogP) is 1.93. The topological polar surface area (TPSA) is 106 Å². The molecule has 0 radical (unpaired) electrons. The molecule has 1 unspecified atom stereocenters. The van der Waals surface area contributed by atoms with Gasteiger partial charge < -0.3 is 30.1 Å². The van der Waals surface area contributed by atoms with Gasteiger partial charge in [-0.25, -0.2) is 4.98 Å². The van der Waals surface area contributed by atoms with E-state index in [4.69, 9.17) is 9.72 Å². The number of likely N-dealkylation sites (N-methyl/N-ethyl adjacent to an activating group) is 1. The van der Waals surface area contributed by atoms with Gasteiger partial charge in [0.1, 0.15) is 17.5 Å². The molecule has 38 heavy (non-hydrogen) atoms. The number of carbonyl (C=O) groups excluding carboxylic acids is 2. The second-order valence-electron chi connectivity index (χ2n) is 10.7. The first-order valence-corrected chi connectivity index (χ1v) is 13.3. The van der Waals surface area contributed by atoms with E-state index >= 15 is 0 Å². The second-order valence-corrected chi connectivity index (χ2v) is 10.7. The van der Waals surface area contributed by atoms with E-state index in [0.717, 1.165) is 44.8 Å². The Labute approximate surface area is 224 Å². The van der Waals surface area contributed by atoms with E-state index < -0.39 is 0 Å². The molecule has 3 aliphatic rings. The van der Waals surface area contributed by atoms with Gasteiger partial charge >= 0.3 is 0 Å². The van der Waals surface area contributed by atoms with Crippen LogP contribution in [-0.2, 0) is 4.79 Å². The van der Waals surface area contributed by atoms with E-state index in [1.807, 2.05) is 6.07 Å². The minimum absolute atomic E-state index is 0.0583. The second kappa shape index (κ2) is 10.7. The number of anilines is 4. The number of ether oxygens (including phenoxy) is 1. The molecule has 1 atom stereocenters. The summed E-state index contributed by atoms with van der Waals surface area (Å²) in [6.07, 6.45) is 3.58. The highest BCUT2D eigenvalue weighted by molar-refractivity contribution is 6.04. The lowest BCUT2D eigenvalue weighted by atomic mass is 10.0. The van der Waals surface area contributed by atoms with Crippen molar-refractivity contribution in [1.82, 2.24) is 25.1 Å². The van der Waals surface area contributed by atoms with Gasteiger partial charge in [-0.05, 0) is 65.0 Å². The van der Waals surface area contributed by atoms with Crippen LogP contribution < -0.4 is 25.2 Å². The fraction of sp³-hybridized carbons (Fsp3) is 0.556. The smallest absolute Gasteiger partial charge is 0.251 e. The van der Waals surface area contributed by atoms with E-state index in [1.165, 1.54) is 0 Å². The third-order valence-electron chi connectivity index (χ3n) is 7.91. The number of piperazine rings is 1. The van der Waals surface area contributed by atoms with Gasteiger partial charge in [-0.3, -0.25) is 14.5 Å². The normalized spacial score (nSPS) is 20.8. The van der Waals surface area contributed by atoms with Crippen molar-refractivity contribution in [3.05, 3.63) is 30.0 Å². The van der Waals surface area contributed by atoms with Crippen LogP contribution in [0, 0.1) is 0 Å². The summed E-state index contributed by atoms with van der Waals surface area (Å²) >= 11 is 0. The Morgan fingerprint density at radius 1 is 1.13 bits per heavy atom. The molecular formula is C27H38N8O3. The van der Waals surface area contributed by atoms with Crippen LogP contribution in [0.4, 0.5) is 23.1 Å². The van der Waals surface area contributed by atoms with Crippen LogP contribution in [0.2, 0.25) is 0 Å². The number of fused-ring (bicyclic) bond motifs is 3. The van der Waals surface area contributed by atoms with Crippen molar-refractivity contribution in [1.29, 1.82) is 0 Å². The Hall–Kier alpha value is -3.44. The Morgan fingerprint density at radius 3 is 2.61 bits per heavy atom. The molecule has 11 heteroatoms. The molecule has 1 aromatic heterocycles. The highest BCUT2D eigenvalue weighted by Crippen LogP contribution is 2.36. The summed E-state index contributed by atoms with van der Waals surface area (Å²) in [4.78, 5) is 43.6. The van der Waals surface area contributed by atoms with E-state index in [9.17, 15) is 9.59 Å². The highest BCUT2D eigenvalue weighted by atomic mass is 16.5. The minimum atomic E-state index is -0.275. The Balaban J connectivity index is 1.34. The maximum atomic E-state index is 13.1. The molecule has 1 aromatic carbocycles. The maximum absolute atomic E-state index is 13.1. The molecule has 3 aliphatic heterocycles. The predicted molar refractivity (Wildman–Crippen MR) is 148 cm³/mol. The largest absolute Gasteiger partial charge is 0.495 e.